The average Bonchev–Trinajstić information content (AvgIpc) is 3.42. The van der Waals surface area contributed by atoms with E-state index in [1.54, 1.807) is 43.5 Å². The minimum absolute atomic E-state index is 0.0317. The molecule has 2 atom stereocenters. The van der Waals surface area contributed by atoms with Crippen molar-refractivity contribution in [3.8, 4) is 16.9 Å². The zero-order valence-corrected chi connectivity index (χ0v) is 26.4. The van der Waals surface area contributed by atoms with Gasteiger partial charge in [0.25, 0.3) is 5.91 Å². The van der Waals surface area contributed by atoms with Crippen LogP contribution in [-0.4, -0.2) is 52.8 Å². The van der Waals surface area contributed by atoms with Crippen molar-refractivity contribution in [2.75, 3.05) is 31.0 Å². The molecule has 3 N–H and O–H groups in total. The summed E-state index contributed by atoms with van der Waals surface area (Å²) in [6.07, 6.45) is 4.14. The van der Waals surface area contributed by atoms with Gasteiger partial charge in [-0.15, -0.1) is 0 Å². The van der Waals surface area contributed by atoms with Gasteiger partial charge in [-0.3, -0.25) is 24.5 Å². The summed E-state index contributed by atoms with van der Waals surface area (Å²) >= 11 is 5.98. The van der Waals surface area contributed by atoms with Crippen LogP contribution >= 0.6 is 11.6 Å². The van der Waals surface area contributed by atoms with Crippen molar-refractivity contribution in [3.63, 3.8) is 0 Å². The topological polar surface area (TPSA) is 136 Å². The normalized spacial score (nSPS) is 16.3. The maximum atomic E-state index is 14.7. The highest BCUT2D eigenvalue weighted by Crippen LogP contribution is 2.33. The molecule has 3 amide bonds. The number of pyridine rings is 1. The van der Waals surface area contributed by atoms with Gasteiger partial charge in [0.15, 0.2) is 5.82 Å². The van der Waals surface area contributed by atoms with E-state index in [0.29, 0.717) is 47.6 Å². The van der Waals surface area contributed by atoms with Gasteiger partial charge in [-0.25, -0.2) is 14.2 Å². The van der Waals surface area contributed by atoms with Crippen molar-refractivity contribution >= 4 is 40.9 Å². The molecule has 3 heterocycles. The maximum Gasteiger partial charge on any atom is 0.411 e. The van der Waals surface area contributed by atoms with Crippen molar-refractivity contribution in [2.45, 2.75) is 39.2 Å². The van der Waals surface area contributed by atoms with Crippen LogP contribution in [0.4, 0.5) is 20.6 Å². The van der Waals surface area contributed by atoms with Crippen LogP contribution in [0.25, 0.3) is 16.9 Å². The number of hydrogen-bond acceptors (Lipinski definition) is 7. The lowest BCUT2D eigenvalue weighted by Gasteiger charge is -2.23. The zero-order chi connectivity index (χ0) is 32.8. The summed E-state index contributed by atoms with van der Waals surface area (Å²) in [4.78, 5) is 47.8. The molecule has 0 fully saturated rings. The third-order valence-electron chi connectivity index (χ3n) is 7.80. The first-order valence-electron chi connectivity index (χ1n) is 14.8. The molecule has 11 nitrogen and oxygen atoms in total. The molecule has 0 saturated heterocycles. The Balaban J connectivity index is 1.44. The summed E-state index contributed by atoms with van der Waals surface area (Å²) in [5, 5.41) is 8.72. The first-order valence-corrected chi connectivity index (χ1v) is 15.2. The Morgan fingerprint density at radius 1 is 1.13 bits per heavy atom. The second-order valence-electron chi connectivity index (χ2n) is 11.0. The Labute approximate surface area is 270 Å². The van der Waals surface area contributed by atoms with E-state index >= 15 is 0 Å². The molecule has 46 heavy (non-hydrogen) atoms. The number of imidazole rings is 1. The van der Waals surface area contributed by atoms with Crippen LogP contribution in [-0.2, 0) is 14.3 Å². The van der Waals surface area contributed by atoms with Gasteiger partial charge in [-0.2, -0.15) is 0 Å². The van der Waals surface area contributed by atoms with Crippen LogP contribution in [0.5, 0.6) is 0 Å². The fourth-order valence-corrected chi connectivity index (χ4v) is 5.42. The molecule has 4 aromatic rings. The molecule has 0 spiro atoms. The van der Waals surface area contributed by atoms with Gasteiger partial charge >= 0.3 is 6.09 Å². The van der Waals surface area contributed by atoms with Gasteiger partial charge in [0, 0.05) is 30.5 Å². The van der Waals surface area contributed by atoms with Gasteiger partial charge in [-0.1, -0.05) is 31.0 Å². The number of rotatable bonds is 7. The van der Waals surface area contributed by atoms with Crippen LogP contribution in [0.1, 0.15) is 54.0 Å². The average molecular weight is 649 g/mol. The van der Waals surface area contributed by atoms with E-state index in [-0.39, 0.29) is 41.4 Å². The molecule has 2 bridgehead atoms. The number of methoxy groups -OCH3 is 1. The lowest BCUT2D eigenvalue weighted by atomic mass is 9.94. The molecule has 13 heteroatoms. The highest BCUT2D eigenvalue weighted by atomic mass is 35.5. The van der Waals surface area contributed by atoms with Gasteiger partial charge in [0.1, 0.15) is 18.6 Å². The molecule has 2 aromatic carbocycles. The van der Waals surface area contributed by atoms with Crippen molar-refractivity contribution < 1.29 is 28.2 Å². The summed E-state index contributed by atoms with van der Waals surface area (Å²) in [7, 11) is 1.51. The molecule has 2 aromatic heterocycles. The minimum Gasteiger partial charge on any atom is -0.447 e. The summed E-state index contributed by atoms with van der Waals surface area (Å²) < 4.78 is 26.2. The second-order valence-corrected chi connectivity index (χ2v) is 11.4. The summed E-state index contributed by atoms with van der Waals surface area (Å²) in [6.45, 7) is 3.89. The smallest absolute Gasteiger partial charge is 0.411 e. The Morgan fingerprint density at radius 2 is 1.96 bits per heavy atom. The third kappa shape index (κ3) is 7.35. The first kappa shape index (κ1) is 32.6. The van der Waals surface area contributed by atoms with E-state index in [0.717, 1.165) is 5.56 Å². The van der Waals surface area contributed by atoms with Crippen molar-refractivity contribution in [3.05, 3.63) is 88.8 Å². The number of aromatic nitrogens is 3. The number of carbonyl (C=O) groups is 3. The maximum absolute atomic E-state index is 14.7. The zero-order valence-electron chi connectivity index (χ0n) is 25.6. The summed E-state index contributed by atoms with van der Waals surface area (Å²) in [6, 6.07) is 13.0. The lowest BCUT2D eigenvalue weighted by Crippen LogP contribution is -2.30. The molecule has 0 unspecified atom stereocenters. The van der Waals surface area contributed by atoms with Gasteiger partial charge in [0.2, 0.25) is 5.91 Å². The Morgan fingerprint density at radius 3 is 2.76 bits per heavy atom. The predicted octanol–water partition coefficient (Wildman–Crippen LogP) is 6.46. The molecular weight excluding hydrogens is 615 g/mol. The second kappa shape index (κ2) is 14.5. The number of benzene rings is 2. The number of hydrogen-bond donors (Lipinski definition) is 3. The predicted molar refractivity (Wildman–Crippen MR) is 172 cm³/mol. The number of amides is 3. The number of nitrogens with zero attached hydrogens (tertiary/aromatic N) is 3. The van der Waals surface area contributed by atoms with Crippen LogP contribution < -0.4 is 16.0 Å². The quantitative estimate of drug-likeness (QED) is 0.196. The minimum atomic E-state index is -0.652. The third-order valence-corrected chi connectivity index (χ3v) is 8.09. The van der Waals surface area contributed by atoms with Crippen LogP contribution in [0.2, 0.25) is 5.02 Å². The van der Waals surface area contributed by atoms with E-state index in [4.69, 9.17) is 21.1 Å². The van der Waals surface area contributed by atoms with E-state index in [1.165, 1.54) is 24.1 Å². The Hall–Kier alpha value is -4.81. The SMILES string of the molecule is COCCOC(=O)Nc1ccc2c(c1)NC(=O)[C@H](C)CCC[C@H](NC(=O)c1ncn(-c3cccc(Cl)c3F)c1C)c1ccnc-2c1. The van der Waals surface area contributed by atoms with Crippen LogP contribution in [0.15, 0.2) is 61.1 Å². The fraction of sp³-hybridized carbons (Fsp3) is 0.303. The van der Waals surface area contributed by atoms with Crippen molar-refractivity contribution in [1.29, 1.82) is 0 Å². The van der Waals surface area contributed by atoms with Gasteiger partial charge < -0.3 is 20.1 Å². The fourth-order valence-electron chi connectivity index (χ4n) is 5.25. The summed E-state index contributed by atoms with van der Waals surface area (Å²) in [5.41, 5.74) is 3.68. The largest absolute Gasteiger partial charge is 0.447 e. The van der Waals surface area contributed by atoms with Crippen LogP contribution in [0, 0.1) is 18.7 Å². The number of halogens is 2. The van der Waals surface area contributed by atoms with Gasteiger partial charge in [-0.05, 0) is 67.8 Å². The number of ether oxygens (including phenoxy) is 2. The van der Waals surface area contributed by atoms with Crippen LogP contribution in [0.3, 0.4) is 0 Å². The number of nitrogens with one attached hydrogen (secondary N) is 3. The number of fused-ring (bicyclic) bond motifs is 4. The molecule has 1 aliphatic heterocycles. The molecule has 0 radical (unpaired) electrons. The molecule has 0 aliphatic carbocycles. The molecule has 240 valence electrons. The lowest BCUT2D eigenvalue weighted by molar-refractivity contribution is -0.119. The number of carbonyl (C=O) groups excluding carboxylic acids is 3. The molecule has 1 aliphatic rings. The first-order chi connectivity index (χ1) is 22.2. The van der Waals surface area contributed by atoms with Crippen molar-refractivity contribution in [2.24, 2.45) is 5.92 Å². The molecule has 0 saturated carbocycles. The number of anilines is 2. The van der Waals surface area contributed by atoms with Crippen molar-refractivity contribution in [1.82, 2.24) is 19.9 Å². The standard InChI is InChI=1S/C33H34ClFN6O5/c1-19-6-4-8-25(39-32(43)30-20(2)41(18-37-30)28-9-5-7-24(34)29(28)35)21-12-13-36-26(16-21)23-11-10-22(17-27(23)40-31(19)42)38-33(44)46-15-14-45-3/h5,7,9-13,16-19,25H,4,6,8,14-15H2,1-3H3,(H,38,44)(H,39,43)(H,40,42)/t19-,25+/m1/s1. The van der Waals surface area contributed by atoms with Gasteiger partial charge in [0.05, 0.1) is 40.4 Å². The molecular formula is C33H34ClFN6O5. The Kier molecular flexibility index (Phi) is 10.3. The van der Waals surface area contributed by atoms with E-state index in [1.807, 2.05) is 19.1 Å². The van der Waals surface area contributed by atoms with E-state index in [2.05, 4.69) is 25.9 Å². The van der Waals surface area contributed by atoms with E-state index < -0.39 is 23.9 Å². The van der Waals surface area contributed by atoms with E-state index in [9.17, 15) is 18.8 Å². The highest BCUT2D eigenvalue weighted by Gasteiger charge is 2.24. The molecule has 5 rings (SSSR count). The Bertz CT molecular complexity index is 1760. The highest BCUT2D eigenvalue weighted by molar-refractivity contribution is 6.30. The monoisotopic (exact) mass is 648 g/mol. The summed E-state index contributed by atoms with van der Waals surface area (Å²) in [5.74, 6) is -1.55.